The summed E-state index contributed by atoms with van der Waals surface area (Å²) >= 11 is 0. The average Bonchev–Trinajstić information content (AvgIpc) is 2.67. The highest BCUT2D eigenvalue weighted by Crippen LogP contribution is 2.20. The maximum Gasteiger partial charge on any atom is 0.253 e. The van der Waals surface area contributed by atoms with Crippen molar-refractivity contribution in [2.45, 2.75) is 51.2 Å². The lowest BCUT2D eigenvalue weighted by molar-refractivity contribution is 0.0595. The van der Waals surface area contributed by atoms with Crippen molar-refractivity contribution in [1.82, 2.24) is 9.88 Å². The van der Waals surface area contributed by atoms with E-state index >= 15 is 0 Å². The van der Waals surface area contributed by atoms with Gasteiger partial charge in [0, 0.05) is 43.9 Å². The predicted octanol–water partition coefficient (Wildman–Crippen LogP) is 3.47. The van der Waals surface area contributed by atoms with Crippen molar-refractivity contribution in [3.8, 4) is 5.75 Å². The van der Waals surface area contributed by atoms with Crippen LogP contribution >= 0.6 is 0 Å². The van der Waals surface area contributed by atoms with E-state index in [1.165, 1.54) is 0 Å². The molecule has 0 atom stereocenters. The fourth-order valence-electron chi connectivity index (χ4n) is 3.28. The lowest BCUT2D eigenvalue weighted by Crippen LogP contribution is -2.41. The van der Waals surface area contributed by atoms with Gasteiger partial charge in [-0.25, -0.2) is 0 Å². The first-order chi connectivity index (χ1) is 12.9. The topological polar surface area (TPSA) is 62.7 Å². The van der Waals surface area contributed by atoms with E-state index in [0.717, 1.165) is 36.1 Å². The lowest BCUT2D eigenvalue weighted by Gasteiger charge is -2.32. The molecule has 5 nitrogen and oxygen atoms in total. The normalized spacial score (nSPS) is 15.6. The Bertz CT molecular complexity index is 748. The van der Waals surface area contributed by atoms with E-state index in [9.17, 15) is 9.90 Å². The van der Waals surface area contributed by atoms with Crippen LogP contribution < -0.4 is 4.74 Å². The molecule has 2 aromatic rings. The first kappa shape index (κ1) is 19.4. The van der Waals surface area contributed by atoms with Gasteiger partial charge in [-0.05, 0) is 56.5 Å². The van der Waals surface area contributed by atoms with Crippen molar-refractivity contribution in [2.75, 3.05) is 13.1 Å². The van der Waals surface area contributed by atoms with Gasteiger partial charge in [-0.2, -0.15) is 0 Å². The molecule has 5 heteroatoms. The summed E-state index contributed by atoms with van der Waals surface area (Å²) in [5.74, 6) is 0.900. The van der Waals surface area contributed by atoms with Gasteiger partial charge in [0.1, 0.15) is 11.9 Å². The molecule has 0 aliphatic carbocycles. The smallest absolute Gasteiger partial charge is 0.253 e. The minimum Gasteiger partial charge on any atom is -0.490 e. The zero-order valence-corrected chi connectivity index (χ0v) is 16.1. The highest BCUT2D eigenvalue weighted by atomic mass is 16.5. The van der Waals surface area contributed by atoms with Crippen LogP contribution in [0.3, 0.4) is 0 Å². The Morgan fingerprint density at radius 1 is 1.22 bits per heavy atom. The van der Waals surface area contributed by atoms with Crippen molar-refractivity contribution < 1.29 is 14.6 Å². The zero-order valence-electron chi connectivity index (χ0n) is 16.1. The van der Waals surface area contributed by atoms with Crippen molar-refractivity contribution in [3.05, 3.63) is 59.9 Å². The number of nitrogens with zero attached hydrogens (tertiary/aromatic N) is 2. The Labute approximate surface area is 161 Å². The molecule has 3 rings (SSSR count). The Balaban J connectivity index is 1.54. The molecule has 27 heavy (non-hydrogen) atoms. The zero-order chi connectivity index (χ0) is 19.3. The Morgan fingerprint density at radius 3 is 2.59 bits per heavy atom. The van der Waals surface area contributed by atoms with Gasteiger partial charge in [0.15, 0.2) is 0 Å². The van der Waals surface area contributed by atoms with Crippen LogP contribution in [0, 0.1) is 0 Å². The largest absolute Gasteiger partial charge is 0.490 e. The molecule has 0 radical (unpaired) electrons. The number of amides is 1. The molecule has 1 fully saturated rings. The number of aryl methyl sites for hydroxylation is 1. The van der Waals surface area contributed by atoms with E-state index in [2.05, 4.69) is 4.98 Å². The number of hydrogen-bond acceptors (Lipinski definition) is 4. The van der Waals surface area contributed by atoms with Gasteiger partial charge in [-0.3, -0.25) is 9.78 Å². The van der Waals surface area contributed by atoms with Crippen LogP contribution in [-0.4, -0.2) is 45.7 Å². The van der Waals surface area contributed by atoms with Crippen LogP contribution in [0.15, 0.2) is 48.8 Å². The molecule has 1 aromatic carbocycles. The van der Waals surface area contributed by atoms with Gasteiger partial charge in [-0.15, -0.1) is 0 Å². The van der Waals surface area contributed by atoms with Gasteiger partial charge >= 0.3 is 0 Å². The summed E-state index contributed by atoms with van der Waals surface area (Å²) in [6.07, 6.45) is 6.65. The minimum absolute atomic E-state index is 0.0717. The van der Waals surface area contributed by atoms with E-state index in [0.29, 0.717) is 19.5 Å². The van der Waals surface area contributed by atoms with Gasteiger partial charge in [0.05, 0.1) is 5.60 Å². The SMILES string of the molecule is CC(C)(O)CCc1cccc(C(=O)N2CCC(Oc3ccncc3)CC2)c1. The van der Waals surface area contributed by atoms with E-state index in [1.54, 1.807) is 26.2 Å². The predicted molar refractivity (Wildman–Crippen MR) is 105 cm³/mol. The number of ether oxygens (including phenoxy) is 1. The third-order valence-corrected chi connectivity index (χ3v) is 4.88. The quantitative estimate of drug-likeness (QED) is 0.848. The second-order valence-corrected chi connectivity index (χ2v) is 7.81. The summed E-state index contributed by atoms with van der Waals surface area (Å²) < 4.78 is 5.97. The molecular formula is C22H28N2O3. The summed E-state index contributed by atoms with van der Waals surface area (Å²) in [5.41, 5.74) is 1.10. The van der Waals surface area contributed by atoms with Crippen LogP contribution in [0.1, 0.15) is 49.0 Å². The summed E-state index contributed by atoms with van der Waals surface area (Å²) in [6.45, 7) is 5.01. The van der Waals surface area contributed by atoms with E-state index in [4.69, 9.17) is 4.74 Å². The number of piperidine rings is 1. The summed E-state index contributed by atoms with van der Waals surface area (Å²) in [4.78, 5) is 18.7. The number of likely N-dealkylation sites (tertiary alicyclic amines) is 1. The van der Waals surface area contributed by atoms with Crippen molar-refractivity contribution in [1.29, 1.82) is 0 Å². The molecule has 2 heterocycles. The molecule has 1 amide bonds. The number of pyridine rings is 1. The molecule has 144 valence electrons. The summed E-state index contributed by atoms with van der Waals surface area (Å²) in [7, 11) is 0. The number of aliphatic hydroxyl groups is 1. The number of aromatic nitrogens is 1. The summed E-state index contributed by atoms with van der Waals surface area (Å²) in [6, 6.07) is 11.5. The summed E-state index contributed by atoms with van der Waals surface area (Å²) in [5, 5.41) is 9.90. The number of carbonyl (C=O) groups excluding carboxylic acids is 1. The molecule has 1 aliphatic rings. The monoisotopic (exact) mass is 368 g/mol. The molecule has 1 N–H and O–H groups in total. The fraction of sp³-hybridized carbons (Fsp3) is 0.455. The number of hydrogen-bond donors (Lipinski definition) is 1. The molecule has 1 aromatic heterocycles. The van der Waals surface area contributed by atoms with Crippen LogP contribution in [0.2, 0.25) is 0 Å². The van der Waals surface area contributed by atoms with Gasteiger partial charge in [0.2, 0.25) is 0 Å². The Morgan fingerprint density at radius 2 is 1.93 bits per heavy atom. The third-order valence-electron chi connectivity index (χ3n) is 4.88. The van der Waals surface area contributed by atoms with Crippen molar-refractivity contribution >= 4 is 5.91 Å². The molecule has 0 unspecified atom stereocenters. The second kappa shape index (κ2) is 8.53. The standard InChI is InChI=1S/C22H28N2O3/c1-22(2,26)11-6-17-4-3-5-18(16-17)21(25)24-14-9-20(10-15-24)27-19-7-12-23-13-8-19/h3-5,7-8,12-13,16,20,26H,6,9-11,14-15H2,1-2H3. The minimum atomic E-state index is -0.698. The maximum atomic E-state index is 12.8. The third kappa shape index (κ3) is 5.79. The number of rotatable bonds is 6. The Kier molecular flexibility index (Phi) is 6.11. The van der Waals surface area contributed by atoms with E-state index in [1.807, 2.05) is 41.3 Å². The first-order valence-corrected chi connectivity index (χ1v) is 9.58. The van der Waals surface area contributed by atoms with Crippen LogP contribution in [0.4, 0.5) is 0 Å². The van der Waals surface area contributed by atoms with Crippen LogP contribution in [-0.2, 0) is 6.42 Å². The highest BCUT2D eigenvalue weighted by molar-refractivity contribution is 5.94. The van der Waals surface area contributed by atoms with Crippen LogP contribution in [0.5, 0.6) is 5.75 Å². The molecule has 1 aliphatic heterocycles. The first-order valence-electron chi connectivity index (χ1n) is 9.58. The number of benzene rings is 1. The molecular weight excluding hydrogens is 340 g/mol. The second-order valence-electron chi connectivity index (χ2n) is 7.81. The van der Waals surface area contributed by atoms with Gasteiger partial charge in [0.25, 0.3) is 5.91 Å². The van der Waals surface area contributed by atoms with Crippen molar-refractivity contribution in [3.63, 3.8) is 0 Å². The number of carbonyl (C=O) groups is 1. The molecule has 1 saturated heterocycles. The van der Waals surface area contributed by atoms with E-state index in [-0.39, 0.29) is 12.0 Å². The van der Waals surface area contributed by atoms with Crippen molar-refractivity contribution in [2.24, 2.45) is 0 Å². The van der Waals surface area contributed by atoms with Crippen LogP contribution in [0.25, 0.3) is 0 Å². The fourth-order valence-corrected chi connectivity index (χ4v) is 3.28. The Hall–Kier alpha value is -2.40. The lowest BCUT2D eigenvalue weighted by atomic mass is 9.97. The molecule has 0 bridgehead atoms. The van der Waals surface area contributed by atoms with Gasteiger partial charge < -0.3 is 14.7 Å². The average molecular weight is 368 g/mol. The molecule has 0 spiro atoms. The van der Waals surface area contributed by atoms with Gasteiger partial charge in [-0.1, -0.05) is 12.1 Å². The maximum absolute atomic E-state index is 12.8. The highest BCUT2D eigenvalue weighted by Gasteiger charge is 2.25. The molecule has 0 saturated carbocycles. The van der Waals surface area contributed by atoms with E-state index < -0.39 is 5.60 Å².